The van der Waals surface area contributed by atoms with Crippen LogP contribution in [-0.4, -0.2) is 0 Å². The van der Waals surface area contributed by atoms with Crippen molar-refractivity contribution in [2.45, 2.75) is 19.8 Å². The van der Waals surface area contributed by atoms with Crippen molar-refractivity contribution < 1.29 is 17.6 Å². The minimum absolute atomic E-state index is 0.0237. The molecule has 0 aliphatic heterocycles. The molecule has 0 radical (unpaired) electrons. The fraction of sp³-hybridized carbons (Fsp3) is 0.154. The van der Waals surface area contributed by atoms with E-state index in [1.165, 1.54) is 17.7 Å². The number of halogens is 4. The Morgan fingerprint density at radius 3 is 2.00 bits per heavy atom. The molecule has 0 bridgehead atoms. The van der Waals surface area contributed by atoms with Gasteiger partial charge in [0.05, 0.1) is 0 Å². The molecule has 2 atom stereocenters. The van der Waals surface area contributed by atoms with Crippen molar-refractivity contribution >= 4 is 5.57 Å². The predicted octanol–water partition coefficient (Wildman–Crippen LogP) is 7.59. The van der Waals surface area contributed by atoms with E-state index in [-0.39, 0.29) is 23.0 Å². The van der Waals surface area contributed by atoms with Crippen molar-refractivity contribution in [3.8, 4) is 11.1 Å². The summed E-state index contributed by atoms with van der Waals surface area (Å²) in [5, 5.41) is 0. The molecule has 2 unspecified atom stereocenters. The van der Waals surface area contributed by atoms with Gasteiger partial charge < -0.3 is 0 Å². The zero-order valence-corrected chi connectivity index (χ0v) is 16.6. The summed E-state index contributed by atoms with van der Waals surface area (Å²) in [6.07, 6.45) is 6.24. The first kappa shape index (κ1) is 20.1. The smallest absolute Gasteiger partial charge is 0.194 e. The number of allylic oxidation sites excluding steroid dienone is 4. The van der Waals surface area contributed by atoms with E-state index in [0.29, 0.717) is 0 Å². The van der Waals surface area contributed by atoms with Crippen molar-refractivity contribution in [3.05, 3.63) is 113 Å². The molecule has 0 saturated carbocycles. The first-order chi connectivity index (χ1) is 14.3. The molecule has 4 heteroatoms. The molecule has 1 aliphatic rings. The number of benzene rings is 3. The summed E-state index contributed by atoms with van der Waals surface area (Å²) in [7, 11) is 0. The maximum atomic E-state index is 14.8. The molecule has 4 rings (SSSR count). The van der Waals surface area contributed by atoms with E-state index in [1.807, 2.05) is 19.1 Å². The molecule has 0 N–H and O–H groups in total. The van der Waals surface area contributed by atoms with Crippen molar-refractivity contribution in [1.29, 1.82) is 0 Å². The van der Waals surface area contributed by atoms with Gasteiger partial charge in [-0.25, -0.2) is 17.6 Å². The van der Waals surface area contributed by atoms with Crippen LogP contribution in [0.15, 0.2) is 72.8 Å². The van der Waals surface area contributed by atoms with Crippen LogP contribution in [0.1, 0.15) is 29.5 Å². The van der Waals surface area contributed by atoms with Gasteiger partial charge in [-0.05, 0) is 53.3 Å². The molecule has 3 aromatic rings. The normalized spacial score (nSPS) is 18.4. The van der Waals surface area contributed by atoms with E-state index in [0.717, 1.165) is 28.8 Å². The van der Waals surface area contributed by atoms with Crippen molar-refractivity contribution in [2.75, 3.05) is 0 Å². The van der Waals surface area contributed by atoms with Crippen LogP contribution in [0.25, 0.3) is 16.7 Å². The van der Waals surface area contributed by atoms with Gasteiger partial charge in [-0.2, -0.15) is 0 Å². The Morgan fingerprint density at radius 1 is 0.733 bits per heavy atom. The van der Waals surface area contributed by atoms with Gasteiger partial charge in [-0.1, -0.05) is 67.1 Å². The Bertz CT molecular complexity index is 1130. The standard InChI is InChI=1S/C26H20F4/c1-15-3-5-17(6-4-15)18-7-9-21(16(2)11-18)19-8-10-22(23(27)12-19)20-13-24(28)26(30)25(29)14-20/h3-14,16,21H,1-2H3. The lowest BCUT2D eigenvalue weighted by Crippen LogP contribution is -2.09. The molecule has 0 amide bonds. The monoisotopic (exact) mass is 408 g/mol. The fourth-order valence-corrected chi connectivity index (χ4v) is 3.86. The molecule has 152 valence electrons. The Balaban J connectivity index is 1.61. The largest absolute Gasteiger partial charge is 0.206 e. The molecule has 0 heterocycles. The van der Waals surface area contributed by atoms with Crippen LogP contribution in [0.3, 0.4) is 0 Å². The first-order valence-electron chi connectivity index (χ1n) is 9.75. The predicted molar refractivity (Wildman–Crippen MR) is 112 cm³/mol. The summed E-state index contributed by atoms with van der Waals surface area (Å²) < 4.78 is 55.0. The SMILES string of the molecule is Cc1ccc(C2=CC(C)C(c3ccc(-c4cc(F)c(F)c(F)c4)c(F)c3)C=C2)cc1. The van der Waals surface area contributed by atoms with Crippen LogP contribution >= 0.6 is 0 Å². The molecule has 3 aromatic carbocycles. The van der Waals surface area contributed by atoms with Crippen LogP contribution in [0.2, 0.25) is 0 Å². The van der Waals surface area contributed by atoms with E-state index in [2.05, 4.69) is 37.3 Å². The van der Waals surface area contributed by atoms with E-state index in [4.69, 9.17) is 0 Å². The highest BCUT2D eigenvalue weighted by Crippen LogP contribution is 2.36. The summed E-state index contributed by atoms with van der Waals surface area (Å²) in [4.78, 5) is 0. The zero-order chi connectivity index (χ0) is 21.4. The molecule has 30 heavy (non-hydrogen) atoms. The molecule has 0 aromatic heterocycles. The third-order valence-electron chi connectivity index (χ3n) is 5.55. The molecule has 0 spiro atoms. The van der Waals surface area contributed by atoms with Crippen LogP contribution in [0, 0.1) is 36.1 Å². The number of rotatable bonds is 3. The van der Waals surface area contributed by atoms with Crippen molar-refractivity contribution in [3.63, 3.8) is 0 Å². The Hall–Kier alpha value is -3.14. The number of hydrogen-bond acceptors (Lipinski definition) is 0. The van der Waals surface area contributed by atoms with Gasteiger partial charge in [0.1, 0.15) is 5.82 Å². The zero-order valence-electron chi connectivity index (χ0n) is 16.6. The lowest BCUT2D eigenvalue weighted by atomic mass is 9.80. The van der Waals surface area contributed by atoms with Gasteiger partial charge in [-0.3, -0.25) is 0 Å². The minimum atomic E-state index is -1.56. The van der Waals surface area contributed by atoms with E-state index < -0.39 is 23.3 Å². The summed E-state index contributed by atoms with van der Waals surface area (Å²) in [6, 6.07) is 14.5. The highest BCUT2D eigenvalue weighted by atomic mass is 19.2. The van der Waals surface area contributed by atoms with Crippen LogP contribution in [-0.2, 0) is 0 Å². The van der Waals surface area contributed by atoms with Gasteiger partial charge in [0.15, 0.2) is 17.5 Å². The van der Waals surface area contributed by atoms with E-state index in [1.54, 1.807) is 6.07 Å². The van der Waals surface area contributed by atoms with Crippen molar-refractivity contribution in [1.82, 2.24) is 0 Å². The summed E-state index contributed by atoms with van der Waals surface area (Å²) in [5.41, 5.74) is 4.20. The highest BCUT2D eigenvalue weighted by molar-refractivity contribution is 5.76. The quantitative estimate of drug-likeness (QED) is 0.309. The molecular formula is C26H20F4. The summed E-state index contributed by atoms with van der Waals surface area (Å²) in [5.74, 6) is -4.74. The Labute approximate surface area is 173 Å². The first-order valence-corrected chi connectivity index (χ1v) is 9.75. The molecule has 1 aliphatic carbocycles. The third-order valence-corrected chi connectivity index (χ3v) is 5.55. The van der Waals surface area contributed by atoms with Crippen molar-refractivity contribution in [2.24, 2.45) is 5.92 Å². The third kappa shape index (κ3) is 3.82. The topological polar surface area (TPSA) is 0 Å². The van der Waals surface area contributed by atoms with Crippen LogP contribution in [0.5, 0.6) is 0 Å². The lowest BCUT2D eigenvalue weighted by molar-refractivity contribution is 0.447. The van der Waals surface area contributed by atoms with Gasteiger partial charge in [0.25, 0.3) is 0 Å². The van der Waals surface area contributed by atoms with Crippen LogP contribution in [0.4, 0.5) is 17.6 Å². The second kappa shape index (κ2) is 7.94. The van der Waals surface area contributed by atoms with Gasteiger partial charge in [0, 0.05) is 11.5 Å². The Kier molecular flexibility index (Phi) is 5.33. The summed E-state index contributed by atoms with van der Waals surface area (Å²) in [6.45, 7) is 4.11. The van der Waals surface area contributed by atoms with Gasteiger partial charge >= 0.3 is 0 Å². The second-order valence-electron chi connectivity index (χ2n) is 7.73. The number of hydrogen-bond donors (Lipinski definition) is 0. The Morgan fingerprint density at radius 2 is 1.40 bits per heavy atom. The second-order valence-corrected chi connectivity index (χ2v) is 7.73. The lowest BCUT2D eigenvalue weighted by Gasteiger charge is -2.24. The maximum Gasteiger partial charge on any atom is 0.194 e. The van der Waals surface area contributed by atoms with Gasteiger partial charge in [-0.15, -0.1) is 0 Å². The molecule has 0 nitrogen and oxygen atoms in total. The van der Waals surface area contributed by atoms with E-state index in [9.17, 15) is 17.6 Å². The molecule has 0 saturated heterocycles. The number of aryl methyl sites for hydroxylation is 1. The summed E-state index contributed by atoms with van der Waals surface area (Å²) >= 11 is 0. The molecule has 0 fully saturated rings. The maximum absolute atomic E-state index is 14.8. The van der Waals surface area contributed by atoms with Crippen LogP contribution < -0.4 is 0 Å². The highest BCUT2D eigenvalue weighted by Gasteiger charge is 2.21. The molecular weight excluding hydrogens is 388 g/mol. The average molecular weight is 408 g/mol. The van der Waals surface area contributed by atoms with Gasteiger partial charge in [0.2, 0.25) is 0 Å². The van der Waals surface area contributed by atoms with E-state index >= 15 is 0 Å². The minimum Gasteiger partial charge on any atom is -0.206 e. The average Bonchev–Trinajstić information content (AvgIpc) is 2.72. The fourth-order valence-electron chi connectivity index (χ4n) is 3.86.